The summed E-state index contributed by atoms with van der Waals surface area (Å²) >= 11 is 0. The van der Waals surface area contributed by atoms with Crippen LogP contribution in [0, 0.1) is 0 Å². The van der Waals surface area contributed by atoms with Crippen molar-refractivity contribution in [2.75, 3.05) is 20.6 Å². The van der Waals surface area contributed by atoms with Gasteiger partial charge in [0.15, 0.2) is 5.96 Å². The van der Waals surface area contributed by atoms with Crippen LogP contribution in [0.25, 0.3) is 0 Å². The summed E-state index contributed by atoms with van der Waals surface area (Å²) in [6.07, 6.45) is 0. The van der Waals surface area contributed by atoms with Crippen molar-refractivity contribution in [3.63, 3.8) is 0 Å². The Morgan fingerprint density at radius 3 is 2.22 bits per heavy atom. The van der Waals surface area contributed by atoms with Gasteiger partial charge in [0, 0.05) is 20.6 Å². The number of nitrogens with two attached hydrogens (primary N) is 1. The highest BCUT2D eigenvalue weighted by Crippen LogP contribution is 1.76. The Balaban J connectivity index is 0. The van der Waals surface area contributed by atoms with Crippen LogP contribution in [0.1, 0.15) is 14.4 Å². The Morgan fingerprint density at radius 2 is 2.11 bits per heavy atom. The molecule has 0 amide bonds. The quantitative estimate of drug-likeness (QED) is 0.416. The average Bonchev–Trinajstić information content (AvgIpc) is 1.84. The molecule has 0 bridgehead atoms. The summed E-state index contributed by atoms with van der Waals surface area (Å²) in [5.74, 6) is 0.590. The van der Waals surface area contributed by atoms with E-state index in [0.717, 1.165) is 6.54 Å². The first-order valence-electron chi connectivity index (χ1n) is 2.65. The average molecular weight is 131 g/mol. The number of guanidine groups is 1. The Labute approximate surface area is 57.6 Å². The molecule has 0 aliphatic heterocycles. The molecule has 0 fully saturated rings. The Morgan fingerprint density at radius 1 is 1.67 bits per heavy atom. The minimum atomic E-state index is 0. The van der Waals surface area contributed by atoms with Crippen LogP contribution in [-0.2, 0) is 0 Å². The smallest absolute Gasteiger partial charge is 0.190 e. The molecule has 0 aromatic heterocycles. The summed E-state index contributed by atoms with van der Waals surface area (Å²) in [6.45, 7) is 2.93. The third-order valence-corrected chi connectivity index (χ3v) is 1.09. The van der Waals surface area contributed by atoms with Crippen molar-refractivity contribution >= 4 is 5.96 Å². The SMILES string of the molecule is C.CCN(C)C(N)=NC. The highest BCUT2D eigenvalue weighted by Gasteiger charge is 1.92. The topological polar surface area (TPSA) is 41.6 Å². The van der Waals surface area contributed by atoms with Crippen LogP contribution in [0.5, 0.6) is 0 Å². The first-order valence-corrected chi connectivity index (χ1v) is 2.65. The van der Waals surface area contributed by atoms with Crippen molar-refractivity contribution in [3.05, 3.63) is 0 Å². The lowest BCUT2D eigenvalue weighted by atomic mass is 10.6. The van der Waals surface area contributed by atoms with E-state index in [2.05, 4.69) is 4.99 Å². The molecule has 3 heteroatoms. The molecule has 3 nitrogen and oxygen atoms in total. The van der Waals surface area contributed by atoms with Gasteiger partial charge in [0.05, 0.1) is 0 Å². The second kappa shape index (κ2) is 5.41. The number of rotatable bonds is 1. The molecule has 0 atom stereocenters. The third-order valence-electron chi connectivity index (χ3n) is 1.09. The van der Waals surface area contributed by atoms with Crippen LogP contribution >= 0.6 is 0 Å². The van der Waals surface area contributed by atoms with Gasteiger partial charge >= 0.3 is 0 Å². The zero-order valence-corrected chi connectivity index (χ0v) is 5.68. The summed E-state index contributed by atoms with van der Waals surface area (Å²) in [7, 11) is 3.59. The van der Waals surface area contributed by atoms with Crippen LogP contribution in [0.4, 0.5) is 0 Å². The Hall–Kier alpha value is -0.730. The number of hydrogen-bond acceptors (Lipinski definition) is 1. The summed E-state index contributed by atoms with van der Waals surface area (Å²) in [5.41, 5.74) is 5.40. The molecule has 0 aliphatic rings. The zero-order valence-electron chi connectivity index (χ0n) is 5.68. The van der Waals surface area contributed by atoms with E-state index >= 15 is 0 Å². The van der Waals surface area contributed by atoms with Gasteiger partial charge in [-0.1, -0.05) is 7.43 Å². The van der Waals surface area contributed by atoms with E-state index in [1.165, 1.54) is 0 Å². The monoisotopic (exact) mass is 131 g/mol. The molecular weight excluding hydrogens is 114 g/mol. The lowest BCUT2D eigenvalue weighted by Gasteiger charge is -2.13. The van der Waals surface area contributed by atoms with Crippen molar-refractivity contribution in [1.29, 1.82) is 0 Å². The Bertz CT molecular complexity index is 88.3. The van der Waals surface area contributed by atoms with E-state index in [0.29, 0.717) is 5.96 Å². The van der Waals surface area contributed by atoms with E-state index < -0.39 is 0 Å². The van der Waals surface area contributed by atoms with E-state index in [1.807, 2.05) is 18.9 Å². The molecule has 0 aliphatic carbocycles. The molecule has 0 saturated carbocycles. The van der Waals surface area contributed by atoms with Crippen LogP contribution in [0.2, 0.25) is 0 Å². The molecule has 0 unspecified atom stereocenters. The fourth-order valence-corrected chi connectivity index (χ4v) is 0.333. The fourth-order valence-electron chi connectivity index (χ4n) is 0.333. The highest BCUT2D eigenvalue weighted by molar-refractivity contribution is 5.77. The molecule has 0 spiro atoms. The predicted molar refractivity (Wildman–Crippen MR) is 42.6 cm³/mol. The molecule has 0 rings (SSSR count). The second-order valence-corrected chi connectivity index (χ2v) is 1.60. The summed E-state index contributed by atoms with van der Waals surface area (Å²) in [4.78, 5) is 5.65. The van der Waals surface area contributed by atoms with Crippen LogP contribution < -0.4 is 5.73 Å². The summed E-state index contributed by atoms with van der Waals surface area (Å²) in [6, 6.07) is 0. The molecule has 0 heterocycles. The molecule has 0 saturated heterocycles. The maximum atomic E-state index is 5.40. The molecule has 0 aromatic rings. The van der Waals surface area contributed by atoms with Gasteiger partial charge in [-0.3, -0.25) is 4.99 Å². The molecule has 0 radical (unpaired) electrons. The lowest BCUT2D eigenvalue weighted by Crippen LogP contribution is -2.33. The number of hydrogen-bond donors (Lipinski definition) is 1. The largest absolute Gasteiger partial charge is 0.370 e. The van der Waals surface area contributed by atoms with Crippen molar-refractivity contribution < 1.29 is 0 Å². The van der Waals surface area contributed by atoms with Gasteiger partial charge in [-0.15, -0.1) is 0 Å². The van der Waals surface area contributed by atoms with Gasteiger partial charge < -0.3 is 10.6 Å². The molecule has 9 heavy (non-hydrogen) atoms. The lowest BCUT2D eigenvalue weighted by molar-refractivity contribution is 0.528. The van der Waals surface area contributed by atoms with Gasteiger partial charge in [-0.05, 0) is 6.92 Å². The summed E-state index contributed by atoms with van der Waals surface area (Å²) < 4.78 is 0. The molecular formula is C6H17N3. The van der Waals surface area contributed by atoms with Crippen molar-refractivity contribution in [1.82, 2.24) is 4.90 Å². The van der Waals surface area contributed by atoms with E-state index in [-0.39, 0.29) is 7.43 Å². The minimum absolute atomic E-state index is 0. The third kappa shape index (κ3) is 3.82. The van der Waals surface area contributed by atoms with E-state index in [1.54, 1.807) is 7.05 Å². The fraction of sp³-hybridized carbons (Fsp3) is 0.833. The van der Waals surface area contributed by atoms with Gasteiger partial charge in [0.1, 0.15) is 0 Å². The standard InChI is InChI=1S/C5H13N3.CH4/c1-4-8(3)5(6)7-2;/h4H2,1-3H3,(H2,6,7);1H4. The van der Waals surface area contributed by atoms with Crippen molar-refractivity contribution in [2.24, 2.45) is 10.7 Å². The van der Waals surface area contributed by atoms with Crippen molar-refractivity contribution in [3.8, 4) is 0 Å². The van der Waals surface area contributed by atoms with Crippen LogP contribution in [0.15, 0.2) is 4.99 Å². The van der Waals surface area contributed by atoms with E-state index in [4.69, 9.17) is 5.73 Å². The van der Waals surface area contributed by atoms with Crippen molar-refractivity contribution in [2.45, 2.75) is 14.4 Å². The number of nitrogens with zero attached hydrogens (tertiary/aromatic N) is 2. The van der Waals surface area contributed by atoms with Crippen LogP contribution in [-0.4, -0.2) is 31.5 Å². The maximum Gasteiger partial charge on any atom is 0.190 e. The van der Waals surface area contributed by atoms with Crippen LogP contribution in [0.3, 0.4) is 0 Å². The zero-order chi connectivity index (χ0) is 6.57. The van der Waals surface area contributed by atoms with Gasteiger partial charge in [-0.2, -0.15) is 0 Å². The summed E-state index contributed by atoms with van der Waals surface area (Å²) in [5, 5.41) is 0. The predicted octanol–water partition coefficient (Wildman–Crippen LogP) is 0.519. The first kappa shape index (κ1) is 11.1. The second-order valence-electron chi connectivity index (χ2n) is 1.60. The maximum absolute atomic E-state index is 5.40. The first-order chi connectivity index (χ1) is 3.72. The molecule has 56 valence electrons. The molecule has 2 N–H and O–H groups in total. The highest BCUT2D eigenvalue weighted by atomic mass is 15.2. The minimum Gasteiger partial charge on any atom is -0.370 e. The van der Waals surface area contributed by atoms with Gasteiger partial charge in [0.25, 0.3) is 0 Å². The Kier molecular flexibility index (Phi) is 6.68. The normalized spacial score (nSPS) is 10.3. The van der Waals surface area contributed by atoms with Gasteiger partial charge in [0.2, 0.25) is 0 Å². The van der Waals surface area contributed by atoms with Gasteiger partial charge in [-0.25, -0.2) is 0 Å². The van der Waals surface area contributed by atoms with E-state index in [9.17, 15) is 0 Å². The number of aliphatic imine (C=N–C) groups is 1. The molecule has 0 aromatic carbocycles.